The lowest BCUT2D eigenvalue weighted by molar-refractivity contribution is 0.284. The van der Waals surface area contributed by atoms with Crippen molar-refractivity contribution in [1.82, 2.24) is 4.98 Å². The summed E-state index contributed by atoms with van der Waals surface area (Å²) in [5, 5.41) is 11.7. The fourth-order valence-corrected chi connectivity index (χ4v) is 4.59. The van der Waals surface area contributed by atoms with Gasteiger partial charge in [0.25, 0.3) is 0 Å². The predicted molar refractivity (Wildman–Crippen MR) is 76.1 cm³/mol. The zero-order chi connectivity index (χ0) is 12.4. The molecule has 0 spiro atoms. The summed E-state index contributed by atoms with van der Waals surface area (Å²) in [6.45, 7) is 8.89. The Kier molecular flexibility index (Phi) is 4.33. The Bertz CT molecular complexity index is 349. The van der Waals surface area contributed by atoms with Gasteiger partial charge < -0.3 is 10.0 Å². The summed E-state index contributed by atoms with van der Waals surface area (Å²) < 4.78 is 0. The summed E-state index contributed by atoms with van der Waals surface area (Å²) in [6.07, 6.45) is 0.903. The van der Waals surface area contributed by atoms with Gasteiger partial charge in [0.1, 0.15) is 0 Å². The number of hydrogen-bond acceptors (Lipinski definition) is 5. The van der Waals surface area contributed by atoms with Crippen molar-refractivity contribution in [2.45, 2.75) is 44.3 Å². The Morgan fingerprint density at radius 2 is 2.00 bits per heavy atom. The molecule has 2 unspecified atom stereocenters. The van der Waals surface area contributed by atoms with Crippen LogP contribution in [-0.4, -0.2) is 33.7 Å². The molecule has 2 rings (SSSR count). The Balaban J connectivity index is 2.18. The van der Waals surface area contributed by atoms with E-state index >= 15 is 0 Å². The molecule has 0 bridgehead atoms. The summed E-state index contributed by atoms with van der Waals surface area (Å²) in [6, 6.07) is 0. The standard InChI is InChI=1S/C12H20N2OS2/c1-4-10-11(7-15)17-12(13-10)14-5-8(2)16-9(3)6-14/h8-9,15H,4-7H2,1-3H3. The molecule has 0 aromatic carbocycles. The number of thiazole rings is 1. The lowest BCUT2D eigenvalue weighted by Gasteiger charge is -2.34. The highest BCUT2D eigenvalue weighted by atomic mass is 32.2. The molecule has 1 aliphatic rings. The van der Waals surface area contributed by atoms with E-state index in [2.05, 4.69) is 30.7 Å². The number of rotatable bonds is 3. The highest BCUT2D eigenvalue weighted by Crippen LogP contribution is 2.32. The molecule has 3 nitrogen and oxygen atoms in total. The minimum Gasteiger partial charge on any atom is -0.391 e. The predicted octanol–water partition coefficient (Wildman–Crippen LogP) is 2.53. The number of aromatic nitrogens is 1. The minimum absolute atomic E-state index is 0.120. The maximum atomic E-state index is 9.31. The maximum absolute atomic E-state index is 9.31. The number of hydrogen-bond donors (Lipinski definition) is 1. The summed E-state index contributed by atoms with van der Waals surface area (Å²) in [5.74, 6) is 0. The third-order valence-electron chi connectivity index (χ3n) is 2.94. The van der Waals surface area contributed by atoms with E-state index in [-0.39, 0.29) is 6.61 Å². The molecule has 0 radical (unpaired) electrons. The van der Waals surface area contributed by atoms with Crippen LogP contribution in [0, 0.1) is 0 Å². The van der Waals surface area contributed by atoms with Gasteiger partial charge in [-0.2, -0.15) is 11.8 Å². The molecule has 2 heterocycles. The average molecular weight is 272 g/mol. The van der Waals surface area contributed by atoms with E-state index in [1.54, 1.807) is 11.3 Å². The first-order valence-electron chi connectivity index (χ1n) is 6.13. The summed E-state index contributed by atoms with van der Waals surface area (Å²) >= 11 is 3.70. The Morgan fingerprint density at radius 1 is 1.35 bits per heavy atom. The molecule has 0 saturated carbocycles. The van der Waals surface area contributed by atoms with Crippen molar-refractivity contribution < 1.29 is 5.11 Å². The largest absolute Gasteiger partial charge is 0.391 e. The van der Waals surface area contributed by atoms with Crippen LogP contribution < -0.4 is 4.90 Å². The van der Waals surface area contributed by atoms with E-state index in [0.717, 1.165) is 35.2 Å². The molecule has 17 heavy (non-hydrogen) atoms. The Hall–Kier alpha value is -0.260. The van der Waals surface area contributed by atoms with Crippen LogP contribution in [-0.2, 0) is 13.0 Å². The van der Waals surface area contributed by atoms with Gasteiger partial charge in [0, 0.05) is 23.6 Å². The van der Waals surface area contributed by atoms with Gasteiger partial charge in [0.2, 0.25) is 0 Å². The minimum atomic E-state index is 0.120. The first-order chi connectivity index (χ1) is 8.13. The molecule has 0 aliphatic carbocycles. The molecular formula is C12H20N2OS2. The van der Waals surface area contributed by atoms with Crippen LogP contribution in [0.15, 0.2) is 0 Å². The number of nitrogens with zero attached hydrogens (tertiary/aromatic N) is 2. The van der Waals surface area contributed by atoms with Crippen LogP contribution in [0.2, 0.25) is 0 Å². The van der Waals surface area contributed by atoms with Gasteiger partial charge in [-0.1, -0.05) is 32.1 Å². The van der Waals surface area contributed by atoms with Crippen molar-refractivity contribution in [3.63, 3.8) is 0 Å². The molecule has 1 fully saturated rings. The van der Waals surface area contributed by atoms with Gasteiger partial charge in [-0.15, -0.1) is 0 Å². The number of aryl methyl sites for hydroxylation is 1. The molecule has 2 atom stereocenters. The first-order valence-corrected chi connectivity index (χ1v) is 7.89. The second-order valence-electron chi connectivity index (χ2n) is 4.54. The quantitative estimate of drug-likeness (QED) is 0.917. The second-order valence-corrected chi connectivity index (χ2v) is 7.48. The summed E-state index contributed by atoms with van der Waals surface area (Å²) in [7, 11) is 0. The van der Waals surface area contributed by atoms with Gasteiger partial charge in [-0.25, -0.2) is 4.98 Å². The topological polar surface area (TPSA) is 36.4 Å². The van der Waals surface area contributed by atoms with Gasteiger partial charge in [0.05, 0.1) is 17.2 Å². The molecule has 96 valence electrons. The van der Waals surface area contributed by atoms with Crippen molar-refractivity contribution in [2.24, 2.45) is 0 Å². The fourth-order valence-electron chi connectivity index (χ4n) is 2.24. The van der Waals surface area contributed by atoms with E-state index < -0.39 is 0 Å². The van der Waals surface area contributed by atoms with Gasteiger partial charge in [-0.05, 0) is 6.42 Å². The molecule has 1 N–H and O–H groups in total. The van der Waals surface area contributed by atoms with Gasteiger partial charge >= 0.3 is 0 Å². The SMILES string of the molecule is CCc1nc(N2CC(C)SC(C)C2)sc1CO. The third kappa shape index (κ3) is 2.95. The van der Waals surface area contributed by atoms with Crippen LogP contribution >= 0.6 is 23.1 Å². The molecule has 1 aliphatic heterocycles. The van der Waals surface area contributed by atoms with Crippen LogP contribution in [0.1, 0.15) is 31.3 Å². The van der Waals surface area contributed by atoms with E-state index in [9.17, 15) is 5.11 Å². The molecule has 0 amide bonds. The van der Waals surface area contributed by atoms with Crippen molar-refractivity contribution in [3.05, 3.63) is 10.6 Å². The number of thioether (sulfide) groups is 1. The molecule has 1 aromatic heterocycles. The molecular weight excluding hydrogens is 252 g/mol. The van der Waals surface area contributed by atoms with Gasteiger partial charge in [0.15, 0.2) is 5.13 Å². The highest BCUT2D eigenvalue weighted by molar-refractivity contribution is 8.00. The fraction of sp³-hybridized carbons (Fsp3) is 0.750. The van der Waals surface area contributed by atoms with Crippen molar-refractivity contribution in [1.29, 1.82) is 0 Å². The monoisotopic (exact) mass is 272 g/mol. The van der Waals surface area contributed by atoms with E-state index in [1.165, 1.54) is 0 Å². The lowest BCUT2D eigenvalue weighted by atomic mass is 10.3. The Morgan fingerprint density at radius 3 is 2.47 bits per heavy atom. The number of aliphatic hydroxyl groups is 1. The Labute approximate surface area is 111 Å². The van der Waals surface area contributed by atoms with Gasteiger partial charge in [-0.3, -0.25) is 0 Å². The van der Waals surface area contributed by atoms with Crippen molar-refractivity contribution >= 4 is 28.2 Å². The zero-order valence-corrected chi connectivity index (χ0v) is 12.3. The smallest absolute Gasteiger partial charge is 0.185 e. The number of aliphatic hydroxyl groups excluding tert-OH is 1. The highest BCUT2D eigenvalue weighted by Gasteiger charge is 2.25. The van der Waals surface area contributed by atoms with Crippen LogP contribution in [0.4, 0.5) is 5.13 Å². The lowest BCUT2D eigenvalue weighted by Crippen LogP contribution is -2.40. The normalized spacial score (nSPS) is 25.3. The second kappa shape index (κ2) is 5.59. The third-order valence-corrected chi connectivity index (χ3v) is 5.31. The molecule has 1 saturated heterocycles. The first kappa shape index (κ1) is 13.2. The maximum Gasteiger partial charge on any atom is 0.185 e. The molecule has 5 heteroatoms. The van der Waals surface area contributed by atoms with Crippen LogP contribution in [0.25, 0.3) is 0 Å². The average Bonchev–Trinajstić information content (AvgIpc) is 2.70. The van der Waals surface area contributed by atoms with Crippen LogP contribution in [0.3, 0.4) is 0 Å². The van der Waals surface area contributed by atoms with Crippen molar-refractivity contribution in [2.75, 3.05) is 18.0 Å². The van der Waals surface area contributed by atoms with Crippen molar-refractivity contribution in [3.8, 4) is 0 Å². The number of anilines is 1. The van der Waals surface area contributed by atoms with E-state index in [0.29, 0.717) is 10.5 Å². The van der Waals surface area contributed by atoms with Crippen LogP contribution in [0.5, 0.6) is 0 Å². The summed E-state index contributed by atoms with van der Waals surface area (Å²) in [4.78, 5) is 8.07. The van der Waals surface area contributed by atoms with E-state index in [4.69, 9.17) is 0 Å². The zero-order valence-electron chi connectivity index (χ0n) is 10.6. The summed E-state index contributed by atoms with van der Waals surface area (Å²) in [5.41, 5.74) is 1.06. The molecule has 1 aromatic rings. The van der Waals surface area contributed by atoms with E-state index in [1.807, 2.05) is 11.8 Å².